The summed E-state index contributed by atoms with van der Waals surface area (Å²) in [6.45, 7) is 0. The number of carboxylic acid groups (broad SMARTS) is 1. The van der Waals surface area contributed by atoms with Gasteiger partial charge >= 0.3 is 5.97 Å². The van der Waals surface area contributed by atoms with E-state index in [1.807, 2.05) is 0 Å². The molecular formula is C11H9N5O3. The Morgan fingerprint density at radius 3 is 2.74 bits per heavy atom. The van der Waals surface area contributed by atoms with Crippen molar-refractivity contribution < 1.29 is 14.7 Å². The first-order valence-corrected chi connectivity index (χ1v) is 5.21. The van der Waals surface area contributed by atoms with Crippen LogP contribution >= 0.6 is 0 Å². The first-order chi connectivity index (χ1) is 9.16. The highest BCUT2D eigenvalue weighted by Gasteiger charge is 2.07. The van der Waals surface area contributed by atoms with Crippen LogP contribution in [0.2, 0.25) is 0 Å². The van der Waals surface area contributed by atoms with E-state index in [-0.39, 0.29) is 0 Å². The number of carbonyl (C=O) groups is 2. The van der Waals surface area contributed by atoms with Crippen molar-refractivity contribution in [1.82, 2.24) is 20.2 Å². The fourth-order valence-corrected chi connectivity index (χ4v) is 1.37. The van der Waals surface area contributed by atoms with Gasteiger partial charge in [-0.2, -0.15) is 4.68 Å². The van der Waals surface area contributed by atoms with Crippen molar-refractivity contribution in [3.63, 3.8) is 0 Å². The Balaban J connectivity index is 2.22. The van der Waals surface area contributed by atoms with E-state index < -0.39 is 11.9 Å². The van der Waals surface area contributed by atoms with Crippen molar-refractivity contribution in [3.05, 3.63) is 42.7 Å². The summed E-state index contributed by atoms with van der Waals surface area (Å²) in [5.41, 5.74) is 1.04. The minimum Gasteiger partial charge on any atom is -0.478 e. The number of tetrazole rings is 1. The molecule has 0 unspecified atom stereocenters. The summed E-state index contributed by atoms with van der Waals surface area (Å²) in [7, 11) is 0. The number of aliphatic carboxylic acids is 1. The molecule has 2 aromatic rings. The number of para-hydroxylation sites is 2. The van der Waals surface area contributed by atoms with Gasteiger partial charge in [-0.05, 0) is 22.6 Å². The Bertz CT molecular complexity index is 621. The van der Waals surface area contributed by atoms with Gasteiger partial charge in [-0.3, -0.25) is 4.79 Å². The van der Waals surface area contributed by atoms with Gasteiger partial charge in [0, 0.05) is 12.2 Å². The number of carboxylic acids is 1. The molecule has 96 valence electrons. The van der Waals surface area contributed by atoms with E-state index >= 15 is 0 Å². The summed E-state index contributed by atoms with van der Waals surface area (Å²) in [4.78, 5) is 21.8. The number of hydrogen-bond acceptors (Lipinski definition) is 5. The van der Waals surface area contributed by atoms with E-state index in [9.17, 15) is 9.59 Å². The molecule has 0 radical (unpaired) electrons. The second-order valence-electron chi connectivity index (χ2n) is 3.43. The fraction of sp³-hybridized carbons (Fsp3) is 0. The third-order valence-electron chi connectivity index (χ3n) is 2.14. The third kappa shape index (κ3) is 3.22. The molecule has 0 atom stereocenters. The van der Waals surface area contributed by atoms with E-state index in [0.29, 0.717) is 11.4 Å². The van der Waals surface area contributed by atoms with Gasteiger partial charge in [-0.25, -0.2) is 4.79 Å². The van der Waals surface area contributed by atoms with E-state index in [0.717, 1.165) is 12.2 Å². The van der Waals surface area contributed by atoms with Gasteiger partial charge < -0.3 is 10.4 Å². The average Bonchev–Trinajstić information content (AvgIpc) is 2.91. The van der Waals surface area contributed by atoms with Gasteiger partial charge in [0.15, 0.2) is 0 Å². The predicted octanol–water partition coefficient (Wildman–Crippen LogP) is 0.242. The Morgan fingerprint density at radius 1 is 1.26 bits per heavy atom. The normalized spacial score (nSPS) is 10.5. The van der Waals surface area contributed by atoms with Gasteiger partial charge in [0.05, 0.1) is 11.4 Å². The summed E-state index contributed by atoms with van der Waals surface area (Å²) in [6.07, 6.45) is 3.08. The summed E-state index contributed by atoms with van der Waals surface area (Å²) in [6, 6.07) is 6.86. The smallest absolute Gasteiger partial charge is 0.328 e. The van der Waals surface area contributed by atoms with E-state index in [4.69, 9.17) is 5.11 Å². The zero-order valence-corrected chi connectivity index (χ0v) is 9.59. The summed E-state index contributed by atoms with van der Waals surface area (Å²) in [5, 5.41) is 21.7. The van der Waals surface area contributed by atoms with Gasteiger partial charge in [0.25, 0.3) is 0 Å². The molecule has 0 aliphatic heterocycles. The molecule has 0 spiro atoms. The fourth-order valence-electron chi connectivity index (χ4n) is 1.37. The van der Waals surface area contributed by atoms with Gasteiger partial charge in [-0.15, -0.1) is 5.10 Å². The Labute approximate surface area is 107 Å². The number of nitrogens with zero attached hydrogens (tertiary/aromatic N) is 4. The molecule has 0 aliphatic carbocycles. The highest BCUT2D eigenvalue weighted by atomic mass is 16.4. The van der Waals surface area contributed by atoms with Crippen molar-refractivity contribution in [2.75, 3.05) is 5.32 Å². The maximum Gasteiger partial charge on any atom is 0.328 e. The lowest BCUT2D eigenvalue weighted by Gasteiger charge is -2.08. The van der Waals surface area contributed by atoms with E-state index in [1.54, 1.807) is 24.3 Å². The summed E-state index contributed by atoms with van der Waals surface area (Å²) < 4.78 is 1.39. The van der Waals surface area contributed by atoms with Crippen LogP contribution in [0.25, 0.3) is 5.69 Å². The van der Waals surface area contributed by atoms with Crippen molar-refractivity contribution >= 4 is 17.6 Å². The van der Waals surface area contributed by atoms with Crippen LogP contribution in [-0.2, 0) is 9.59 Å². The highest BCUT2D eigenvalue weighted by molar-refractivity contribution is 6.03. The second kappa shape index (κ2) is 5.54. The molecule has 0 saturated carbocycles. The predicted molar refractivity (Wildman–Crippen MR) is 64.6 cm³/mol. The molecule has 2 rings (SSSR count). The molecule has 2 N–H and O–H groups in total. The maximum atomic E-state index is 11.5. The van der Waals surface area contributed by atoms with Crippen LogP contribution in [-0.4, -0.2) is 37.2 Å². The zero-order valence-electron chi connectivity index (χ0n) is 9.59. The third-order valence-corrected chi connectivity index (χ3v) is 2.14. The van der Waals surface area contributed by atoms with Gasteiger partial charge in [0.2, 0.25) is 5.91 Å². The molecule has 19 heavy (non-hydrogen) atoms. The molecule has 0 aliphatic rings. The van der Waals surface area contributed by atoms with Crippen molar-refractivity contribution in [1.29, 1.82) is 0 Å². The second-order valence-corrected chi connectivity index (χ2v) is 3.43. The first-order valence-electron chi connectivity index (χ1n) is 5.21. The number of nitrogens with one attached hydrogen (secondary N) is 1. The standard InChI is InChI=1S/C11H9N5O3/c17-10(5-6-11(18)19)13-8-3-1-2-4-9(8)16-7-12-14-15-16/h1-7H,(H,13,17)(H,18,19)/b6-5+. The van der Waals surface area contributed by atoms with Crippen LogP contribution in [0.1, 0.15) is 0 Å². The Hall–Kier alpha value is -3.03. The molecule has 1 amide bonds. The molecule has 8 heteroatoms. The van der Waals surface area contributed by atoms with Gasteiger partial charge in [0.1, 0.15) is 6.33 Å². The molecule has 1 aromatic heterocycles. The quantitative estimate of drug-likeness (QED) is 0.761. The van der Waals surface area contributed by atoms with Crippen LogP contribution in [0.15, 0.2) is 42.7 Å². The number of aromatic nitrogens is 4. The number of benzene rings is 1. The minimum absolute atomic E-state index is 0.467. The van der Waals surface area contributed by atoms with Crippen LogP contribution in [0, 0.1) is 0 Å². The molecule has 1 aromatic carbocycles. The lowest BCUT2D eigenvalue weighted by atomic mass is 10.2. The lowest BCUT2D eigenvalue weighted by Crippen LogP contribution is -2.11. The number of anilines is 1. The number of carbonyl (C=O) groups excluding carboxylic acids is 1. The molecular weight excluding hydrogens is 250 g/mol. The molecule has 1 heterocycles. The lowest BCUT2D eigenvalue weighted by molar-refractivity contribution is -0.131. The molecule has 0 fully saturated rings. The zero-order chi connectivity index (χ0) is 13.7. The number of rotatable bonds is 4. The van der Waals surface area contributed by atoms with Crippen LogP contribution in [0.3, 0.4) is 0 Å². The first kappa shape index (κ1) is 12.4. The molecule has 0 bridgehead atoms. The van der Waals surface area contributed by atoms with Crippen molar-refractivity contribution in [2.24, 2.45) is 0 Å². The SMILES string of the molecule is O=C(O)/C=C/C(=O)Nc1ccccc1-n1cnnn1. The summed E-state index contributed by atoms with van der Waals surface area (Å²) >= 11 is 0. The van der Waals surface area contributed by atoms with E-state index in [1.165, 1.54) is 11.0 Å². The Morgan fingerprint density at radius 2 is 2.05 bits per heavy atom. The van der Waals surface area contributed by atoms with Crippen LogP contribution in [0.4, 0.5) is 5.69 Å². The Kier molecular flexibility index (Phi) is 3.62. The van der Waals surface area contributed by atoms with E-state index in [2.05, 4.69) is 20.8 Å². The highest BCUT2D eigenvalue weighted by Crippen LogP contribution is 2.18. The van der Waals surface area contributed by atoms with Crippen LogP contribution < -0.4 is 5.32 Å². The average molecular weight is 259 g/mol. The minimum atomic E-state index is -1.19. The number of hydrogen-bond donors (Lipinski definition) is 2. The summed E-state index contributed by atoms with van der Waals surface area (Å²) in [5.74, 6) is -1.74. The van der Waals surface area contributed by atoms with Crippen LogP contribution in [0.5, 0.6) is 0 Å². The maximum absolute atomic E-state index is 11.5. The largest absolute Gasteiger partial charge is 0.478 e. The topological polar surface area (TPSA) is 110 Å². The molecule has 8 nitrogen and oxygen atoms in total. The van der Waals surface area contributed by atoms with Crippen molar-refractivity contribution in [2.45, 2.75) is 0 Å². The monoisotopic (exact) mass is 259 g/mol. The number of amides is 1. The van der Waals surface area contributed by atoms with Gasteiger partial charge in [-0.1, -0.05) is 12.1 Å². The van der Waals surface area contributed by atoms with Crippen molar-refractivity contribution in [3.8, 4) is 5.69 Å². The molecule has 0 saturated heterocycles.